The quantitative estimate of drug-likeness (QED) is 0.759. The number of urea groups is 1. The van der Waals surface area contributed by atoms with Crippen molar-refractivity contribution in [1.82, 2.24) is 10.2 Å². The van der Waals surface area contributed by atoms with E-state index in [9.17, 15) is 4.79 Å². The molecule has 0 heterocycles. The zero-order chi connectivity index (χ0) is 10.7. The van der Waals surface area contributed by atoms with E-state index < -0.39 is 0 Å². The molecule has 0 spiro atoms. The van der Waals surface area contributed by atoms with Gasteiger partial charge in [0.2, 0.25) is 0 Å². The summed E-state index contributed by atoms with van der Waals surface area (Å²) in [6, 6.07) is 1.19. The van der Waals surface area contributed by atoms with E-state index >= 15 is 0 Å². The SMILES string of the molecule is CCCN(C(=O)NC1CCCC1)C1CC1. The summed E-state index contributed by atoms with van der Waals surface area (Å²) < 4.78 is 0. The van der Waals surface area contributed by atoms with Gasteiger partial charge < -0.3 is 10.2 Å². The Morgan fingerprint density at radius 2 is 1.93 bits per heavy atom. The normalized spacial score (nSPS) is 21.7. The first-order valence-electron chi connectivity index (χ1n) is 6.38. The van der Waals surface area contributed by atoms with Crippen LogP contribution in [0.1, 0.15) is 51.9 Å². The van der Waals surface area contributed by atoms with Gasteiger partial charge in [-0.15, -0.1) is 0 Å². The van der Waals surface area contributed by atoms with Gasteiger partial charge in [0.05, 0.1) is 0 Å². The predicted octanol–water partition coefficient (Wildman–Crippen LogP) is 2.51. The zero-order valence-corrected chi connectivity index (χ0v) is 9.67. The number of nitrogens with one attached hydrogen (secondary N) is 1. The van der Waals surface area contributed by atoms with Crippen LogP contribution >= 0.6 is 0 Å². The van der Waals surface area contributed by atoms with Crippen molar-refractivity contribution in [2.24, 2.45) is 0 Å². The van der Waals surface area contributed by atoms with E-state index in [1.807, 2.05) is 4.90 Å². The van der Waals surface area contributed by atoms with Gasteiger partial charge in [-0.05, 0) is 32.1 Å². The lowest BCUT2D eigenvalue weighted by Crippen LogP contribution is -2.45. The number of hydrogen-bond acceptors (Lipinski definition) is 1. The second kappa shape index (κ2) is 4.86. The number of carbonyl (C=O) groups is 1. The molecule has 2 amide bonds. The second-order valence-electron chi connectivity index (χ2n) is 4.86. The summed E-state index contributed by atoms with van der Waals surface area (Å²) in [7, 11) is 0. The zero-order valence-electron chi connectivity index (χ0n) is 9.67. The average Bonchev–Trinajstić information content (AvgIpc) is 2.93. The van der Waals surface area contributed by atoms with E-state index in [-0.39, 0.29) is 6.03 Å². The molecular weight excluding hydrogens is 188 g/mol. The van der Waals surface area contributed by atoms with Gasteiger partial charge in [-0.25, -0.2) is 4.79 Å². The topological polar surface area (TPSA) is 32.3 Å². The summed E-state index contributed by atoms with van der Waals surface area (Å²) in [5.74, 6) is 0. The molecule has 0 aliphatic heterocycles. The lowest BCUT2D eigenvalue weighted by atomic mass is 10.2. The lowest BCUT2D eigenvalue weighted by Gasteiger charge is -2.24. The molecule has 0 saturated heterocycles. The van der Waals surface area contributed by atoms with Crippen molar-refractivity contribution in [2.45, 2.75) is 64.0 Å². The fourth-order valence-electron chi connectivity index (χ4n) is 2.40. The highest BCUT2D eigenvalue weighted by Crippen LogP contribution is 2.27. The Bertz CT molecular complexity index is 220. The Hall–Kier alpha value is -0.730. The first kappa shape index (κ1) is 10.8. The van der Waals surface area contributed by atoms with Crippen molar-refractivity contribution in [2.75, 3.05) is 6.54 Å². The highest BCUT2D eigenvalue weighted by molar-refractivity contribution is 5.75. The first-order valence-corrected chi connectivity index (χ1v) is 6.38. The average molecular weight is 210 g/mol. The fourth-order valence-corrected chi connectivity index (χ4v) is 2.40. The summed E-state index contributed by atoms with van der Waals surface area (Å²) in [5, 5.41) is 3.17. The molecule has 0 unspecified atom stereocenters. The van der Waals surface area contributed by atoms with E-state index in [1.54, 1.807) is 0 Å². The number of carbonyl (C=O) groups excluding carboxylic acids is 1. The Kier molecular flexibility index (Phi) is 3.49. The molecular formula is C12H22N2O. The molecule has 2 fully saturated rings. The van der Waals surface area contributed by atoms with Crippen LogP contribution in [0.2, 0.25) is 0 Å². The molecule has 0 atom stereocenters. The molecule has 0 aromatic rings. The van der Waals surface area contributed by atoms with E-state index in [0.29, 0.717) is 12.1 Å². The van der Waals surface area contributed by atoms with Crippen molar-refractivity contribution < 1.29 is 4.79 Å². The highest BCUT2D eigenvalue weighted by Gasteiger charge is 2.32. The van der Waals surface area contributed by atoms with Crippen LogP contribution in [0.25, 0.3) is 0 Å². The predicted molar refractivity (Wildman–Crippen MR) is 60.8 cm³/mol. The monoisotopic (exact) mass is 210 g/mol. The molecule has 1 N–H and O–H groups in total. The minimum Gasteiger partial charge on any atom is -0.335 e. The van der Waals surface area contributed by atoms with Crippen molar-refractivity contribution in [3.8, 4) is 0 Å². The summed E-state index contributed by atoms with van der Waals surface area (Å²) in [6.07, 6.45) is 8.39. The molecule has 2 aliphatic rings. The summed E-state index contributed by atoms with van der Waals surface area (Å²) in [4.78, 5) is 14.0. The van der Waals surface area contributed by atoms with Crippen LogP contribution in [-0.2, 0) is 0 Å². The van der Waals surface area contributed by atoms with E-state index in [0.717, 1.165) is 13.0 Å². The fraction of sp³-hybridized carbons (Fsp3) is 0.917. The molecule has 0 aromatic heterocycles. The largest absolute Gasteiger partial charge is 0.335 e. The maximum absolute atomic E-state index is 12.0. The minimum absolute atomic E-state index is 0.186. The third-order valence-electron chi connectivity index (χ3n) is 3.40. The smallest absolute Gasteiger partial charge is 0.317 e. The first-order chi connectivity index (χ1) is 7.31. The van der Waals surface area contributed by atoms with Gasteiger partial charge in [0, 0.05) is 18.6 Å². The number of rotatable bonds is 4. The molecule has 3 nitrogen and oxygen atoms in total. The molecule has 3 heteroatoms. The van der Waals surface area contributed by atoms with Gasteiger partial charge in [-0.2, -0.15) is 0 Å². The van der Waals surface area contributed by atoms with Gasteiger partial charge in [0.15, 0.2) is 0 Å². The summed E-state index contributed by atoms with van der Waals surface area (Å²) in [6.45, 7) is 3.06. The highest BCUT2D eigenvalue weighted by atomic mass is 16.2. The third-order valence-corrected chi connectivity index (χ3v) is 3.40. The number of amides is 2. The van der Waals surface area contributed by atoms with Crippen molar-refractivity contribution in [3.05, 3.63) is 0 Å². The van der Waals surface area contributed by atoms with Gasteiger partial charge in [-0.1, -0.05) is 19.8 Å². The molecule has 2 aliphatic carbocycles. The van der Waals surface area contributed by atoms with Crippen molar-refractivity contribution in [3.63, 3.8) is 0 Å². The number of nitrogens with zero attached hydrogens (tertiary/aromatic N) is 1. The van der Waals surface area contributed by atoms with E-state index in [2.05, 4.69) is 12.2 Å². The van der Waals surface area contributed by atoms with Crippen LogP contribution in [0.15, 0.2) is 0 Å². The van der Waals surface area contributed by atoms with Crippen LogP contribution in [0.3, 0.4) is 0 Å². The Morgan fingerprint density at radius 1 is 1.27 bits per heavy atom. The van der Waals surface area contributed by atoms with Crippen LogP contribution in [-0.4, -0.2) is 29.6 Å². The molecule has 15 heavy (non-hydrogen) atoms. The van der Waals surface area contributed by atoms with Gasteiger partial charge in [0.1, 0.15) is 0 Å². The lowest BCUT2D eigenvalue weighted by molar-refractivity contribution is 0.191. The second-order valence-corrected chi connectivity index (χ2v) is 4.86. The Morgan fingerprint density at radius 3 is 2.47 bits per heavy atom. The molecule has 2 saturated carbocycles. The summed E-state index contributed by atoms with van der Waals surface area (Å²) in [5.41, 5.74) is 0. The van der Waals surface area contributed by atoms with E-state index in [1.165, 1.54) is 38.5 Å². The van der Waals surface area contributed by atoms with Gasteiger partial charge in [-0.3, -0.25) is 0 Å². The Balaban J connectivity index is 1.80. The van der Waals surface area contributed by atoms with Crippen LogP contribution in [0, 0.1) is 0 Å². The van der Waals surface area contributed by atoms with Crippen LogP contribution < -0.4 is 5.32 Å². The van der Waals surface area contributed by atoms with Crippen molar-refractivity contribution in [1.29, 1.82) is 0 Å². The van der Waals surface area contributed by atoms with E-state index in [4.69, 9.17) is 0 Å². The van der Waals surface area contributed by atoms with Crippen molar-refractivity contribution >= 4 is 6.03 Å². The number of hydrogen-bond donors (Lipinski definition) is 1. The maximum atomic E-state index is 12.0. The minimum atomic E-state index is 0.186. The van der Waals surface area contributed by atoms with Crippen LogP contribution in [0.5, 0.6) is 0 Å². The van der Waals surface area contributed by atoms with Gasteiger partial charge >= 0.3 is 6.03 Å². The summed E-state index contributed by atoms with van der Waals surface area (Å²) >= 11 is 0. The molecule has 0 radical (unpaired) electrons. The third kappa shape index (κ3) is 2.86. The molecule has 0 bridgehead atoms. The maximum Gasteiger partial charge on any atom is 0.317 e. The standard InChI is InChI=1S/C12H22N2O/c1-2-9-14(11-7-8-11)12(15)13-10-5-3-4-6-10/h10-11H,2-9H2,1H3,(H,13,15). The van der Waals surface area contributed by atoms with Gasteiger partial charge in [0.25, 0.3) is 0 Å². The molecule has 2 rings (SSSR count). The Labute approximate surface area is 92.2 Å². The molecule has 86 valence electrons. The molecule has 0 aromatic carbocycles. The van der Waals surface area contributed by atoms with Crippen LogP contribution in [0.4, 0.5) is 4.79 Å².